The van der Waals surface area contributed by atoms with Crippen LogP contribution in [0.4, 0.5) is 8.78 Å². The number of nitrogens with one attached hydrogen (secondary N) is 1. The van der Waals surface area contributed by atoms with Gasteiger partial charge in [-0.2, -0.15) is 5.10 Å². The van der Waals surface area contributed by atoms with Gasteiger partial charge in [-0.1, -0.05) is 0 Å². The molecule has 0 aliphatic heterocycles. The second-order valence-electron chi connectivity index (χ2n) is 1.77. The van der Waals surface area contributed by atoms with E-state index in [0.29, 0.717) is 0 Å². The third-order valence-electron chi connectivity index (χ3n) is 1.14. The van der Waals surface area contributed by atoms with E-state index >= 15 is 0 Å². The molecule has 0 aliphatic rings. The van der Waals surface area contributed by atoms with E-state index in [0.717, 1.165) is 0 Å². The number of rotatable bonds is 2. The Hall–Kier alpha value is -0.970. The van der Waals surface area contributed by atoms with Gasteiger partial charge in [0.25, 0.3) is 6.43 Å². The molecule has 0 amide bonds. The highest BCUT2D eigenvalue weighted by Gasteiger charge is 2.13. The van der Waals surface area contributed by atoms with Crippen LogP contribution in [0, 0.1) is 0 Å². The lowest BCUT2D eigenvalue weighted by atomic mass is 10.3. The van der Waals surface area contributed by atoms with Crippen molar-refractivity contribution in [1.82, 2.24) is 10.2 Å². The van der Waals surface area contributed by atoms with Crippen molar-refractivity contribution in [1.29, 1.82) is 0 Å². The summed E-state index contributed by atoms with van der Waals surface area (Å²) in [6.45, 7) is -0.407. The van der Waals surface area contributed by atoms with Crippen molar-refractivity contribution in [2.45, 2.75) is 13.0 Å². The molecular formula is C5H6F2N2O. The maximum absolute atomic E-state index is 11.9. The summed E-state index contributed by atoms with van der Waals surface area (Å²) in [5, 5.41) is 13.9. The standard InChI is InChI=1S/C5H6F2N2O/c6-5(7)4-3(2-10)1-8-9-4/h1,5,10H,2H2,(H,8,9). The maximum Gasteiger partial charge on any atom is 0.280 e. The second kappa shape index (κ2) is 2.74. The van der Waals surface area contributed by atoms with Gasteiger partial charge in [0, 0.05) is 5.56 Å². The topological polar surface area (TPSA) is 48.9 Å². The summed E-state index contributed by atoms with van der Waals surface area (Å²) >= 11 is 0. The molecule has 3 nitrogen and oxygen atoms in total. The number of aliphatic hydroxyl groups is 1. The minimum absolute atomic E-state index is 0.148. The minimum atomic E-state index is -2.59. The Kier molecular flexibility index (Phi) is 1.96. The molecular weight excluding hydrogens is 142 g/mol. The van der Waals surface area contributed by atoms with Gasteiger partial charge in [0.05, 0.1) is 12.8 Å². The fraction of sp³-hybridized carbons (Fsp3) is 0.400. The van der Waals surface area contributed by atoms with Crippen LogP contribution in [-0.4, -0.2) is 15.3 Å². The summed E-state index contributed by atoms with van der Waals surface area (Å²) in [6.07, 6.45) is -1.41. The first-order valence-electron chi connectivity index (χ1n) is 2.67. The lowest BCUT2D eigenvalue weighted by molar-refractivity contribution is 0.142. The molecule has 56 valence electrons. The summed E-state index contributed by atoms with van der Waals surface area (Å²) in [4.78, 5) is 0. The molecule has 0 saturated heterocycles. The van der Waals surface area contributed by atoms with Crippen LogP contribution in [0.3, 0.4) is 0 Å². The first-order chi connectivity index (χ1) is 4.75. The van der Waals surface area contributed by atoms with Crippen LogP contribution in [0.15, 0.2) is 6.20 Å². The maximum atomic E-state index is 11.9. The summed E-state index contributed by atoms with van der Waals surface area (Å²) in [5.41, 5.74) is -0.155. The Morgan fingerprint density at radius 1 is 1.70 bits per heavy atom. The lowest BCUT2D eigenvalue weighted by Gasteiger charge is -1.95. The van der Waals surface area contributed by atoms with Crippen molar-refractivity contribution in [2.75, 3.05) is 0 Å². The number of alkyl halides is 2. The van der Waals surface area contributed by atoms with E-state index < -0.39 is 13.0 Å². The average molecular weight is 148 g/mol. The molecule has 1 aromatic heterocycles. The summed E-state index contributed by atoms with van der Waals surface area (Å²) in [7, 11) is 0. The first-order valence-corrected chi connectivity index (χ1v) is 2.67. The quantitative estimate of drug-likeness (QED) is 0.652. The van der Waals surface area contributed by atoms with Gasteiger partial charge in [-0.05, 0) is 0 Å². The molecule has 0 bridgehead atoms. The van der Waals surface area contributed by atoms with E-state index in [1.54, 1.807) is 0 Å². The first kappa shape index (κ1) is 7.14. The highest BCUT2D eigenvalue weighted by atomic mass is 19.3. The Balaban J connectivity index is 2.90. The highest BCUT2D eigenvalue weighted by molar-refractivity contribution is 5.15. The summed E-state index contributed by atoms with van der Waals surface area (Å²) in [6, 6.07) is 0. The zero-order valence-electron chi connectivity index (χ0n) is 5.01. The number of H-pyrrole nitrogens is 1. The fourth-order valence-corrected chi connectivity index (χ4v) is 0.636. The van der Waals surface area contributed by atoms with Crippen LogP contribution >= 0.6 is 0 Å². The van der Waals surface area contributed by atoms with Crippen molar-refractivity contribution < 1.29 is 13.9 Å². The molecule has 0 aliphatic carbocycles. The molecule has 0 spiro atoms. The Morgan fingerprint density at radius 2 is 2.40 bits per heavy atom. The van der Waals surface area contributed by atoms with E-state index in [9.17, 15) is 8.78 Å². The lowest BCUT2D eigenvalue weighted by Crippen LogP contribution is -1.90. The summed E-state index contributed by atoms with van der Waals surface area (Å²) in [5.74, 6) is 0. The molecule has 0 aromatic carbocycles. The van der Waals surface area contributed by atoms with Crippen LogP contribution in [-0.2, 0) is 6.61 Å². The van der Waals surface area contributed by atoms with Gasteiger partial charge in [-0.25, -0.2) is 8.78 Å². The largest absolute Gasteiger partial charge is 0.392 e. The Labute approximate surface area is 55.7 Å². The zero-order chi connectivity index (χ0) is 7.56. The average Bonchev–Trinajstić information content (AvgIpc) is 2.33. The van der Waals surface area contributed by atoms with Gasteiger partial charge in [-0.15, -0.1) is 0 Å². The number of halogens is 2. The molecule has 1 heterocycles. The van der Waals surface area contributed by atoms with E-state index in [1.165, 1.54) is 6.20 Å². The van der Waals surface area contributed by atoms with Gasteiger partial charge in [0.1, 0.15) is 5.69 Å². The van der Waals surface area contributed by atoms with Crippen LogP contribution in [0.2, 0.25) is 0 Å². The number of aromatic amines is 1. The smallest absolute Gasteiger partial charge is 0.280 e. The third-order valence-corrected chi connectivity index (χ3v) is 1.14. The van der Waals surface area contributed by atoms with E-state index in [2.05, 4.69) is 10.2 Å². The molecule has 0 unspecified atom stereocenters. The predicted octanol–water partition coefficient (Wildman–Crippen LogP) is 0.840. The van der Waals surface area contributed by atoms with Crippen LogP contribution in [0.25, 0.3) is 0 Å². The number of nitrogens with zero attached hydrogens (tertiary/aromatic N) is 1. The molecule has 1 aromatic rings. The van der Waals surface area contributed by atoms with Gasteiger partial charge in [-0.3, -0.25) is 5.10 Å². The molecule has 10 heavy (non-hydrogen) atoms. The van der Waals surface area contributed by atoms with Gasteiger partial charge < -0.3 is 5.11 Å². The van der Waals surface area contributed by atoms with Crippen molar-refractivity contribution in [3.8, 4) is 0 Å². The molecule has 0 atom stereocenters. The number of hydrogen-bond donors (Lipinski definition) is 2. The third kappa shape index (κ3) is 1.13. The van der Waals surface area contributed by atoms with Crippen LogP contribution < -0.4 is 0 Å². The van der Waals surface area contributed by atoms with Gasteiger partial charge in [0.15, 0.2) is 0 Å². The monoisotopic (exact) mass is 148 g/mol. The Bertz CT molecular complexity index is 211. The Morgan fingerprint density at radius 3 is 2.80 bits per heavy atom. The zero-order valence-corrected chi connectivity index (χ0v) is 5.01. The normalized spacial score (nSPS) is 10.8. The number of aromatic nitrogens is 2. The van der Waals surface area contributed by atoms with Gasteiger partial charge >= 0.3 is 0 Å². The summed E-state index contributed by atoms with van der Waals surface area (Å²) < 4.78 is 23.7. The van der Waals surface area contributed by atoms with E-state index in [1.807, 2.05) is 0 Å². The van der Waals surface area contributed by atoms with Crippen molar-refractivity contribution in [3.63, 3.8) is 0 Å². The molecule has 5 heteroatoms. The van der Waals surface area contributed by atoms with Crippen molar-refractivity contribution in [3.05, 3.63) is 17.5 Å². The van der Waals surface area contributed by atoms with E-state index in [-0.39, 0.29) is 11.3 Å². The SMILES string of the molecule is OCc1cn[nH]c1C(F)F. The van der Waals surface area contributed by atoms with Crippen LogP contribution in [0.1, 0.15) is 17.7 Å². The molecule has 0 saturated carbocycles. The second-order valence-corrected chi connectivity index (χ2v) is 1.77. The molecule has 2 N–H and O–H groups in total. The molecule has 0 fully saturated rings. The van der Waals surface area contributed by atoms with Crippen molar-refractivity contribution in [2.24, 2.45) is 0 Å². The fourth-order valence-electron chi connectivity index (χ4n) is 0.636. The number of hydrogen-bond acceptors (Lipinski definition) is 2. The predicted molar refractivity (Wildman–Crippen MR) is 29.5 cm³/mol. The highest BCUT2D eigenvalue weighted by Crippen LogP contribution is 2.19. The van der Waals surface area contributed by atoms with Crippen LogP contribution in [0.5, 0.6) is 0 Å². The van der Waals surface area contributed by atoms with Crippen molar-refractivity contribution >= 4 is 0 Å². The molecule has 1 rings (SSSR count). The number of aliphatic hydroxyl groups excluding tert-OH is 1. The molecule has 0 radical (unpaired) electrons. The van der Waals surface area contributed by atoms with E-state index in [4.69, 9.17) is 5.11 Å². The minimum Gasteiger partial charge on any atom is -0.392 e. The van der Waals surface area contributed by atoms with Gasteiger partial charge in [0.2, 0.25) is 0 Å².